The summed E-state index contributed by atoms with van der Waals surface area (Å²) in [6.07, 6.45) is 1.68. The third-order valence-corrected chi connectivity index (χ3v) is 4.39. The molecule has 0 spiro atoms. The largest absolute Gasteiger partial charge is 0.381 e. The van der Waals surface area contributed by atoms with E-state index in [0.717, 1.165) is 44.8 Å². The summed E-state index contributed by atoms with van der Waals surface area (Å²) in [7, 11) is 0. The van der Waals surface area contributed by atoms with E-state index in [4.69, 9.17) is 9.47 Å². The molecule has 1 amide bonds. The molecule has 0 bridgehead atoms. The van der Waals surface area contributed by atoms with Gasteiger partial charge in [0.05, 0.1) is 13.2 Å². The summed E-state index contributed by atoms with van der Waals surface area (Å²) >= 11 is 0. The molecule has 5 heteroatoms. The van der Waals surface area contributed by atoms with Gasteiger partial charge in [0.15, 0.2) is 6.10 Å². The van der Waals surface area contributed by atoms with Crippen LogP contribution in [-0.2, 0) is 14.3 Å². The molecular formula is C17H24N2O3. The van der Waals surface area contributed by atoms with Gasteiger partial charge >= 0.3 is 0 Å². The van der Waals surface area contributed by atoms with E-state index >= 15 is 0 Å². The van der Waals surface area contributed by atoms with E-state index in [1.54, 1.807) is 0 Å². The van der Waals surface area contributed by atoms with Gasteiger partial charge in [0, 0.05) is 32.0 Å². The number of hydrogen-bond donors (Lipinski definition) is 1. The molecule has 2 aliphatic heterocycles. The molecule has 1 N–H and O–H groups in total. The Morgan fingerprint density at radius 2 is 1.95 bits per heavy atom. The van der Waals surface area contributed by atoms with Crippen molar-refractivity contribution in [3.8, 4) is 0 Å². The van der Waals surface area contributed by atoms with Crippen molar-refractivity contribution in [3.05, 3.63) is 30.3 Å². The molecule has 1 aromatic carbocycles. The number of anilines is 1. The first kappa shape index (κ1) is 15.3. The Hall–Kier alpha value is -1.59. The van der Waals surface area contributed by atoms with Crippen LogP contribution >= 0.6 is 0 Å². The molecule has 1 atom stereocenters. The molecule has 0 aromatic heterocycles. The number of benzene rings is 1. The second-order valence-corrected chi connectivity index (χ2v) is 5.94. The van der Waals surface area contributed by atoms with Gasteiger partial charge in [0.25, 0.3) is 5.91 Å². The molecule has 0 radical (unpaired) electrons. The van der Waals surface area contributed by atoms with Crippen LogP contribution < -0.4 is 10.2 Å². The van der Waals surface area contributed by atoms with E-state index in [1.165, 1.54) is 0 Å². The number of carbonyl (C=O) groups excluding carboxylic acids is 1. The van der Waals surface area contributed by atoms with Crippen molar-refractivity contribution in [2.75, 3.05) is 44.4 Å². The lowest BCUT2D eigenvalue weighted by Crippen LogP contribution is -2.50. The van der Waals surface area contributed by atoms with Crippen LogP contribution in [0.2, 0.25) is 0 Å². The molecule has 0 saturated carbocycles. The minimum absolute atomic E-state index is 0.00660. The van der Waals surface area contributed by atoms with Crippen LogP contribution in [-0.4, -0.2) is 51.5 Å². The van der Waals surface area contributed by atoms with Crippen molar-refractivity contribution in [1.29, 1.82) is 0 Å². The third kappa shape index (κ3) is 3.99. The molecule has 1 unspecified atom stereocenters. The molecule has 0 aliphatic carbocycles. The molecule has 2 heterocycles. The van der Waals surface area contributed by atoms with Gasteiger partial charge in [-0.05, 0) is 30.9 Å². The van der Waals surface area contributed by atoms with Gasteiger partial charge in [-0.15, -0.1) is 0 Å². The number of nitrogens with one attached hydrogen (secondary N) is 1. The number of nitrogens with zero attached hydrogens (tertiary/aromatic N) is 1. The van der Waals surface area contributed by atoms with Crippen molar-refractivity contribution in [1.82, 2.24) is 5.32 Å². The van der Waals surface area contributed by atoms with Crippen LogP contribution in [0.15, 0.2) is 30.3 Å². The van der Waals surface area contributed by atoms with Crippen molar-refractivity contribution in [2.45, 2.75) is 18.9 Å². The lowest BCUT2D eigenvalue weighted by Gasteiger charge is -2.34. The second-order valence-electron chi connectivity index (χ2n) is 5.94. The molecule has 1 aromatic rings. The van der Waals surface area contributed by atoms with Crippen molar-refractivity contribution in [2.24, 2.45) is 5.92 Å². The minimum Gasteiger partial charge on any atom is -0.381 e. The van der Waals surface area contributed by atoms with E-state index in [-0.39, 0.29) is 12.0 Å². The van der Waals surface area contributed by atoms with E-state index in [0.29, 0.717) is 19.1 Å². The van der Waals surface area contributed by atoms with E-state index in [2.05, 4.69) is 22.3 Å². The van der Waals surface area contributed by atoms with Gasteiger partial charge in [-0.25, -0.2) is 0 Å². The Labute approximate surface area is 131 Å². The average Bonchev–Trinajstić information content (AvgIpc) is 2.61. The zero-order chi connectivity index (χ0) is 15.2. The van der Waals surface area contributed by atoms with Gasteiger partial charge in [-0.3, -0.25) is 4.79 Å². The van der Waals surface area contributed by atoms with Crippen LogP contribution in [0.4, 0.5) is 5.69 Å². The first-order valence-electron chi connectivity index (χ1n) is 8.10. The number of rotatable bonds is 4. The average molecular weight is 304 g/mol. The SMILES string of the molecule is O=C(NCC1CCOCC1)C1CN(c2ccccc2)CCO1. The highest BCUT2D eigenvalue weighted by Gasteiger charge is 2.27. The Bertz CT molecular complexity index is 474. The number of hydrogen-bond acceptors (Lipinski definition) is 4. The van der Waals surface area contributed by atoms with Crippen LogP contribution in [0.5, 0.6) is 0 Å². The summed E-state index contributed by atoms with van der Waals surface area (Å²) in [5.41, 5.74) is 1.15. The Morgan fingerprint density at radius 1 is 1.18 bits per heavy atom. The molecule has 2 fully saturated rings. The first-order chi connectivity index (χ1) is 10.8. The second kappa shape index (κ2) is 7.61. The summed E-state index contributed by atoms with van der Waals surface area (Å²) in [5.74, 6) is 0.540. The number of ether oxygens (including phenoxy) is 2. The Morgan fingerprint density at radius 3 is 2.73 bits per heavy atom. The van der Waals surface area contributed by atoms with Crippen molar-refractivity contribution < 1.29 is 14.3 Å². The summed E-state index contributed by atoms with van der Waals surface area (Å²) < 4.78 is 11.0. The summed E-state index contributed by atoms with van der Waals surface area (Å²) in [6, 6.07) is 10.2. The van der Waals surface area contributed by atoms with Gasteiger partial charge in [-0.2, -0.15) is 0 Å². The first-order valence-corrected chi connectivity index (χ1v) is 8.10. The maximum atomic E-state index is 12.3. The molecule has 22 heavy (non-hydrogen) atoms. The highest BCUT2D eigenvalue weighted by Crippen LogP contribution is 2.17. The van der Waals surface area contributed by atoms with Crippen LogP contribution in [0.25, 0.3) is 0 Å². The maximum Gasteiger partial charge on any atom is 0.250 e. The van der Waals surface area contributed by atoms with Crippen LogP contribution in [0.1, 0.15) is 12.8 Å². The Balaban J connectivity index is 1.49. The maximum absolute atomic E-state index is 12.3. The lowest BCUT2D eigenvalue weighted by molar-refractivity contribution is -0.133. The van der Waals surface area contributed by atoms with Crippen LogP contribution in [0, 0.1) is 5.92 Å². The van der Waals surface area contributed by atoms with Crippen molar-refractivity contribution >= 4 is 11.6 Å². The minimum atomic E-state index is -0.381. The van der Waals surface area contributed by atoms with Crippen LogP contribution in [0.3, 0.4) is 0 Å². The third-order valence-electron chi connectivity index (χ3n) is 4.39. The van der Waals surface area contributed by atoms with Crippen molar-refractivity contribution in [3.63, 3.8) is 0 Å². The quantitative estimate of drug-likeness (QED) is 0.914. The van der Waals surface area contributed by atoms with Gasteiger partial charge < -0.3 is 19.7 Å². The predicted octanol–water partition coefficient (Wildman–Crippen LogP) is 1.43. The molecule has 3 rings (SSSR count). The van der Waals surface area contributed by atoms with Gasteiger partial charge in [0.2, 0.25) is 0 Å². The fourth-order valence-electron chi connectivity index (χ4n) is 2.99. The zero-order valence-corrected chi connectivity index (χ0v) is 12.9. The summed E-state index contributed by atoms with van der Waals surface area (Å²) in [4.78, 5) is 14.5. The number of carbonyl (C=O) groups is 1. The van der Waals surface area contributed by atoms with E-state index in [1.807, 2.05) is 18.2 Å². The molecule has 5 nitrogen and oxygen atoms in total. The number of para-hydroxylation sites is 1. The highest BCUT2D eigenvalue weighted by atomic mass is 16.5. The molecule has 120 valence electrons. The standard InChI is InChI=1S/C17H24N2O3/c20-17(18-12-14-6-9-21-10-7-14)16-13-19(8-11-22-16)15-4-2-1-3-5-15/h1-5,14,16H,6-13H2,(H,18,20). The smallest absolute Gasteiger partial charge is 0.250 e. The van der Waals surface area contributed by atoms with Gasteiger partial charge in [0.1, 0.15) is 0 Å². The van der Waals surface area contributed by atoms with E-state index < -0.39 is 0 Å². The fraction of sp³-hybridized carbons (Fsp3) is 0.588. The summed E-state index contributed by atoms with van der Waals surface area (Å²) in [6.45, 7) is 4.37. The Kier molecular flexibility index (Phi) is 5.29. The van der Waals surface area contributed by atoms with Gasteiger partial charge in [-0.1, -0.05) is 18.2 Å². The molecule has 2 aliphatic rings. The highest BCUT2D eigenvalue weighted by molar-refractivity contribution is 5.81. The topological polar surface area (TPSA) is 50.8 Å². The van der Waals surface area contributed by atoms with E-state index in [9.17, 15) is 4.79 Å². The lowest BCUT2D eigenvalue weighted by atomic mass is 10.0. The monoisotopic (exact) mass is 304 g/mol. The number of morpholine rings is 1. The normalized spacial score (nSPS) is 23.3. The predicted molar refractivity (Wildman–Crippen MR) is 84.9 cm³/mol. The summed E-state index contributed by atoms with van der Waals surface area (Å²) in [5, 5.41) is 3.05. The number of amides is 1. The molecular weight excluding hydrogens is 280 g/mol. The fourth-order valence-corrected chi connectivity index (χ4v) is 2.99. The zero-order valence-electron chi connectivity index (χ0n) is 12.9. The molecule has 2 saturated heterocycles.